The van der Waals surface area contributed by atoms with Crippen molar-refractivity contribution in [1.82, 2.24) is 9.80 Å². The molecule has 0 saturated carbocycles. The molecule has 0 aliphatic carbocycles. The first-order valence-electron chi connectivity index (χ1n) is 7.41. The van der Waals surface area contributed by atoms with E-state index in [0.29, 0.717) is 18.7 Å². The van der Waals surface area contributed by atoms with E-state index in [1.54, 1.807) is 24.1 Å². The molecule has 23 heavy (non-hydrogen) atoms. The molecule has 126 valence electrons. The summed E-state index contributed by atoms with van der Waals surface area (Å²) in [6.07, 6.45) is 0.214. The molecule has 0 spiro atoms. The van der Waals surface area contributed by atoms with Crippen molar-refractivity contribution in [2.24, 2.45) is 0 Å². The maximum absolute atomic E-state index is 12.0. The number of likely N-dealkylation sites (N-methyl/N-ethyl adjacent to an activating group) is 2. The molecule has 1 aromatic carbocycles. The van der Waals surface area contributed by atoms with Crippen LogP contribution in [0.4, 0.5) is 0 Å². The molecule has 0 N–H and O–H groups in total. The Morgan fingerprint density at radius 3 is 2.13 bits per heavy atom. The van der Waals surface area contributed by atoms with Crippen molar-refractivity contribution < 1.29 is 19.1 Å². The number of carbonyl (C=O) groups is 3. The molecule has 1 aromatic rings. The van der Waals surface area contributed by atoms with E-state index in [0.717, 1.165) is 5.56 Å². The van der Waals surface area contributed by atoms with Crippen LogP contribution in [0, 0.1) is 0 Å². The van der Waals surface area contributed by atoms with E-state index in [1.807, 2.05) is 31.1 Å². The molecule has 0 aliphatic rings. The molecule has 6 nitrogen and oxygen atoms in total. The number of benzene rings is 1. The van der Waals surface area contributed by atoms with Crippen LogP contribution in [0.3, 0.4) is 0 Å². The smallest absolute Gasteiger partial charge is 0.305 e. The van der Waals surface area contributed by atoms with Gasteiger partial charge in [-0.1, -0.05) is 24.3 Å². The molecule has 6 heteroatoms. The summed E-state index contributed by atoms with van der Waals surface area (Å²) in [6.45, 7) is 0.851. The second-order valence-corrected chi connectivity index (χ2v) is 5.68. The molecular weight excluding hydrogens is 296 g/mol. The van der Waals surface area contributed by atoms with E-state index >= 15 is 0 Å². The second kappa shape index (κ2) is 9.05. The highest BCUT2D eigenvalue weighted by Crippen LogP contribution is 2.10. The number of hydrogen-bond donors (Lipinski definition) is 0. The van der Waals surface area contributed by atoms with Crippen molar-refractivity contribution in [2.75, 3.05) is 34.8 Å². The normalized spacial score (nSPS) is 10.5. The Bertz CT molecular complexity index is 552. The standard InChI is InChI=1S/C17H24N2O4/c1-18(2)12-16(21)19(3)11-13-5-7-14(8-6-13)15(20)9-10-17(22)23-4/h5-8H,9-12H2,1-4H3. The van der Waals surface area contributed by atoms with Crippen LogP contribution in [0.25, 0.3) is 0 Å². The van der Waals surface area contributed by atoms with Crippen molar-refractivity contribution in [3.63, 3.8) is 0 Å². The number of methoxy groups -OCH3 is 1. The third-order valence-corrected chi connectivity index (χ3v) is 3.36. The molecule has 0 saturated heterocycles. The summed E-state index contributed by atoms with van der Waals surface area (Å²) in [6, 6.07) is 7.09. The molecule has 0 heterocycles. The number of Topliss-reactive ketones (excluding diaryl/α,β-unsaturated/α-hetero) is 1. The Labute approximate surface area is 137 Å². The first-order valence-corrected chi connectivity index (χ1v) is 7.41. The van der Waals surface area contributed by atoms with Crippen LogP contribution in [0.15, 0.2) is 24.3 Å². The van der Waals surface area contributed by atoms with Gasteiger partial charge in [0.05, 0.1) is 20.1 Å². The van der Waals surface area contributed by atoms with Crippen molar-refractivity contribution in [3.05, 3.63) is 35.4 Å². The molecule has 0 unspecified atom stereocenters. The first-order chi connectivity index (χ1) is 10.8. The number of ketones is 1. The van der Waals surface area contributed by atoms with Crippen molar-refractivity contribution in [2.45, 2.75) is 19.4 Å². The zero-order chi connectivity index (χ0) is 17.4. The largest absolute Gasteiger partial charge is 0.469 e. The highest BCUT2D eigenvalue weighted by molar-refractivity contribution is 5.97. The van der Waals surface area contributed by atoms with Gasteiger partial charge in [-0.15, -0.1) is 0 Å². The number of esters is 1. The fourth-order valence-corrected chi connectivity index (χ4v) is 2.01. The molecule has 0 fully saturated rings. The summed E-state index contributed by atoms with van der Waals surface area (Å²) < 4.78 is 4.52. The van der Waals surface area contributed by atoms with Gasteiger partial charge < -0.3 is 14.5 Å². The van der Waals surface area contributed by atoms with Crippen LogP contribution in [-0.2, 0) is 20.9 Å². The Balaban J connectivity index is 2.57. The molecule has 0 aromatic heterocycles. The molecule has 0 bridgehead atoms. The SMILES string of the molecule is COC(=O)CCC(=O)c1ccc(CN(C)C(=O)CN(C)C)cc1. The first kappa shape index (κ1) is 18.8. The van der Waals surface area contributed by atoms with Gasteiger partial charge in [0.25, 0.3) is 0 Å². The van der Waals surface area contributed by atoms with Gasteiger partial charge >= 0.3 is 5.97 Å². The summed E-state index contributed by atoms with van der Waals surface area (Å²) in [5.74, 6) is -0.455. The van der Waals surface area contributed by atoms with E-state index in [1.165, 1.54) is 7.11 Å². The Hall–Kier alpha value is -2.21. The van der Waals surface area contributed by atoms with Gasteiger partial charge in [-0.3, -0.25) is 14.4 Å². The van der Waals surface area contributed by atoms with Gasteiger partial charge in [0.1, 0.15) is 0 Å². The summed E-state index contributed by atoms with van der Waals surface area (Å²) in [7, 11) is 6.75. The van der Waals surface area contributed by atoms with Crippen LogP contribution in [0.5, 0.6) is 0 Å². The Morgan fingerprint density at radius 2 is 1.61 bits per heavy atom. The highest BCUT2D eigenvalue weighted by Gasteiger charge is 2.12. The Morgan fingerprint density at radius 1 is 1.00 bits per heavy atom. The quantitative estimate of drug-likeness (QED) is 0.534. The number of hydrogen-bond acceptors (Lipinski definition) is 5. The molecule has 1 amide bonds. The van der Waals surface area contributed by atoms with Crippen molar-refractivity contribution in [3.8, 4) is 0 Å². The molecule has 0 atom stereocenters. The topological polar surface area (TPSA) is 66.9 Å². The lowest BCUT2D eigenvalue weighted by molar-refractivity contribution is -0.140. The molecule has 0 radical (unpaired) electrons. The zero-order valence-electron chi connectivity index (χ0n) is 14.2. The minimum atomic E-state index is -0.393. The summed E-state index contributed by atoms with van der Waals surface area (Å²) >= 11 is 0. The average molecular weight is 320 g/mol. The lowest BCUT2D eigenvalue weighted by atomic mass is 10.0. The van der Waals surface area contributed by atoms with Gasteiger partial charge in [-0.2, -0.15) is 0 Å². The monoisotopic (exact) mass is 320 g/mol. The van der Waals surface area contributed by atoms with E-state index < -0.39 is 5.97 Å². The summed E-state index contributed by atoms with van der Waals surface area (Å²) in [5.41, 5.74) is 1.50. The summed E-state index contributed by atoms with van der Waals surface area (Å²) in [4.78, 5) is 38.4. The number of amides is 1. The van der Waals surface area contributed by atoms with Crippen LogP contribution < -0.4 is 0 Å². The van der Waals surface area contributed by atoms with Crippen LogP contribution in [0.1, 0.15) is 28.8 Å². The zero-order valence-corrected chi connectivity index (χ0v) is 14.2. The predicted molar refractivity (Wildman–Crippen MR) is 87.1 cm³/mol. The third kappa shape index (κ3) is 6.61. The average Bonchev–Trinajstić information content (AvgIpc) is 2.52. The van der Waals surface area contributed by atoms with Crippen molar-refractivity contribution in [1.29, 1.82) is 0 Å². The van der Waals surface area contributed by atoms with Gasteiger partial charge in [-0.25, -0.2) is 0 Å². The van der Waals surface area contributed by atoms with Crippen molar-refractivity contribution >= 4 is 17.7 Å². The Kier molecular flexibility index (Phi) is 7.41. The minimum absolute atomic E-state index is 0.0354. The van der Waals surface area contributed by atoms with Gasteiger partial charge in [0.2, 0.25) is 5.91 Å². The van der Waals surface area contributed by atoms with Gasteiger partial charge in [-0.05, 0) is 19.7 Å². The number of carbonyl (C=O) groups excluding carboxylic acids is 3. The fraction of sp³-hybridized carbons (Fsp3) is 0.471. The number of rotatable bonds is 8. The number of ether oxygens (including phenoxy) is 1. The molecule has 1 rings (SSSR count). The van der Waals surface area contributed by atoms with E-state index in [9.17, 15) is 14.4 Å². The number of nitrogens with zero attached hydrogens (tertiary/aromatic N) is 2. The third-order valence-electron chi connectivity index (χ3n) is 3.36. The van der Waals surface area contributed by atoms with E-state index in [-0.39, 0.29) is 24.5 Å². The highest BCUT2D eigenvalue weighted by atomic mass is 16.5. The van der Waals surface area contributed by atoms with Crippen LogP contribution in [-0.4, -0.2) is 62.3 Å². The predicted octanol–water partition coefficient (Wildman–Crippen LogP) is 1.34. The van der Waals surface area contributed by atoms with E-state index in [2.05, 4.69) is 4.74 Å². The molecule has 0 aliphatic heterocycles. The molecular formula is C17H24N2O4. The maximum Gasteiger partial charge on any atom is 0.305 e. The minimum Gasteiger partial charge on any atom is -0.469 e. The maximum atomic E-state index is 12.0. The van der Waals surface area contributed by atoms with Gasteiger partial charge in [0.15, 0.2) is 5.78 Å². The lowest BCUT2D eigenvalue weighted by Crippen LogP contribution is -2.34. The fourth-order valence-electron chi connectivity index (χ4n) is 2.01. The van der Waals surface area contributed by atoms with Crippen LogP contribution >= 0.6 is 0 Å². The van der Waals surface area contributed by atoms with E-state index in [4.69, 9.17) is 0 Å². The summed E-state index contributed by atoms with van der Waals surface area (Å²) in [5, 5.41) is 0. The lowest BCUT2D eigenvalue weighted by Gasteiger charge is -2.19. The van der Waals surface area contributed by atoms with Crippen LogP contribution in [0.2, 0.25) is 0 Å². The second-order valence-electron chi connectivity index (χ2n) is 5.68. The van der Waals surface area contributed by atoms with Gasteiger partial charge in [0, 0.05) is 25.6 Å².